The van der Waals surface area contributed by atoms with Gasteiger partial charge in [0.05, 0.1) is 19.4 Å². The number of hydrogen-bond donors (Lipinski definition) is 1. The van der Waals surface area contributed by atoms with Gasteiger partial charge in [0.25, 0.3) is 5.91 Å². The molecule has 0 unspecified atom stereocenters. The number of amides is 1. The highest BCUT2D eigenvalue weighted by molar-refractivity contribution is 7.80. The topological polar surface area (TPSA) is 50.8 Å². The van der Waals surface area contributed by atoms with Crippen LogP contribution in [0.2, 0.25) is 0 Å². The molecular weight excluding hydrogens is 336 g/mol. The number of thiocarbonyl (C=S) groups is 1. The molecule has 0 spiro atoms. The zero-order valence-corrected chi connectivity index (χ0v) is 14.8. The molecule has 1 fully saturated rings. The van der Waals surface area contributed by atoms with E-state index in [9.17, 15) is 4.79 Å². The molecule has 2 aromatic rings. The number of hydrogen-bond acceptors (Lipinski definition) is 4. The predicted octanol–water partition coefficient (Wildman–Crippen LogP) is 3.36. The SMILES string of the molecule is CCOc1ccccc1/C=C1\NC(=S)N(c2ccc(OC)cc2)C1=O. The van der Waals surface area contributed by atoms with Crippen LogP contribution in [0, 0.1) is 0 Å². The Morgan fingerprint density at radius 3 is 2.56 bits per heavy atom. The Morgan fingerprint density at radius 1 is 1.16 bits per heavy atom. The molecule has 0 bridgehead atoms. The first kappa shape index (κ1) is 17.0. The van der Waals surface area contributed by atoms with Gasteiger partial charge in [-0.3, -0.25) is 9.69 Å². The molecule has 0 saturated carbocycles. The van der Waals surface area contributed by atoms with E-state index in [4.69, 9.17) is 21.7 Å². The number of rotatable bonds is 5. The fourth-order valence-electron chi connectivity index (χ4n) is 2.54. The highest BCUT2D eigenvalue weighted by Gasteiger charge is 2.32. The van der Waals surface area contributed by atoms with Gasteiger partial charge in [-0.1, -0.05) is 18.2 Å². The van der Waals surface area contributed by atoms with E-state index in [2.05, 4.69) is 5.32 Å². The molecule has 0 aliphatic carbocycles. The Bertz CT molecular complexity index is 831. The molecular formula is C19H18N2O3S. The summed E-state index contributed by atoms with van der Waals surface area (Å²) in [5.41, 5.74) is 1.91. The fraction of sp³-hybridized carbons (Fsp3) is 0.158. The lowest BCUT2D eigenvalue weighted by Crippen LogP contribution is -2.30. The van der Waals surface area contributed by atoms with Crippen LogP contribution in [0.4, 0.5) is 5.69 Å². The molecule has 0 radical (unpaired) electrons. The third kappa shape index (κ3) is 3.49. The lowest BCUT2D eigenvalue weighted by Gasteiger charge is -2.14. The van der Waals surface area contributed by atoms with Gasteiger partial charge in [0.1, 0.15) is 17.2 Å². The molecule has 128 valence electrons. The van der Waals surface area contributed by atoms with E-state index >= 15 is 0 Å². The highest BCUT2D eigenvalue weighted by atomic mass is 32.1. The minimum Gasteiger partial charge on any atom is -0.497 e. The number of methoxy groups -OCH3 is 1. The molecule has 1 aliphatic rings. The summed E-state index contributed by atoms with van der Waals surface area (Å²) >= 11 is 5.33. The summed E-state index contributed by atoms with van der Waals surface area (Å²) in [7, 11) is 1.60. The van der Waals surface area contributed by atoms with Crippen LogP contribution in [-0.2, 0) is 4.79 Å². The van der Waals surface area contributed by atoms with Gasteiger partial charge in [0, 0.05) is 5.56 Å². The quantitative estimate of drug-likeness (QED) is 0.659. The van der Waals surface area contributed by atoms with E-state index in [0.717, 1.165) is 17.1 Å². The van der Waals surface area contributed by atoms with Crippen molar-refractivity contribution < 1.29 is 14.3 Å². The van der Waals surface area contributed by atoms with Crippen molar-refractivity contribution in [3.8, 4) is 11.5 Å². The summed E-state index contributed by atoms with van der Waals surface area (Å²) in [6, 6.07) is 14.7. The molecule has 1 saturated heterocycles. The van der Waals surface area contributed by atoms with E-state index in [1.54, 1.807) is 37.5 Å². The number of carbonyl (C=O) groups is 1. The summed E-state index contributed by atoms with van der Waals surface area (Å²) in [5.74, 6) is 1.23. The third-order valence-corrected chi connectivity index (χ3v) is 4.01. The van der Waals surface area contributed by atoms with Gasteiger partial charge in [-0.05, 0) is 55.5 Å². The lowest BCUT2D eigenvalue weighted by molar-refractivity contribution is -0.113. The minimum atomic E-state index is -0.207. The van der Waals surface area contributed by atoms with Crippen LogP contribution in [-0.4, -0.2) is 24.7 Å². The van der Waals surface area contributed by atoms with Gasteiger partial charge in [0.2, 0.25) is 0 Å². The van der Waals surface area contributed by atoms with Crippen molar-refractivity contribution in [1.29, 1.82) is 0 Å². The molecule has 1 amide bonds. The minimum absolute atomic E-state index is 0.207. The number of carbonyl (C=O) groups excluding carboxylic acids is 1. The molecule has 25 heavy (non-hydrogen) atoms. The Kier molecular flexibility index (Phi) is 5.00. The molecule has 2 aromatic carbocycles. The summed E-state index contributed by atoms with van der Waals surface area (Å²) < 4.78 is 10.7. The number of nitrogens with one attached hydrogen (secondary N) is 1. The Hall–Kier alpha value is -2.86. The van der Waals surface area contributed by atoms with Crippen LogP contribution in [0.3, 0.4) is 0 Å². The van der Waals surface area contributed by atoms with Crippen LogP contribution in [0.15, 0.2) is 54.2 Å². The van der Waals surface area contributed by atoms with E-state index in [1.807, 2.05) is 31.2 Å². The lowest BCUT2D eigenvalue weighted by atomic mass is 10.1. The maximum Gasteiger partial charge on any atom is 0.281 e. The fourth-order valence-corrected chi connectivity index (χ4v) is 2.84. The van der Waals surface area contributed by atoms with Crippen LogP contribution < -0.4 is 19.7 Å². The Labute approximate surface area is 151 Å². The number of benzene rings is 2. The normalized spacial score (nSPS) is 15.4. The van der Waals surface area contributed by atoms with Crippen LogP contribution in [0.25, 0.3) is 6.08 Å². The van der Waals surface area contributed by atoms with E-state index < -0.39 is 0 Å². The smallest absolute Gasteiger partial charge is 0.281 e. The van der Waals surface area contributed by atoms with Crippen molar-refractivity contribution >= 4 is 35.0 Å². The van der Waals surface area contributed by atoms with Crippen molar-refractivity contribution in [1.82, 2.24) is 5.32 Å². The highest BCUT2D eigenvalue weighted by Crippen LogP contribution is 2.26. The Balaban J connectivity index is 1.90. The van der Waals surface area contributed by atoms with Crippen LogP contribution >= 0.6 is 12.2 Å². The monoisotopic (exact) mass is 354 g/mol. The first-order valence-electron chi connectivity index (χ1n) is 7.87. The van der Waals surface area contributed by atoms with Crippen molar-refractivity contribution in [2.45, 2.75) is 6.92 Å². The zero-order valence-electron chi connectivity index (χ0n) is 14.0. The van der Waals surface area contributed by atoms with Gasteiger partial charge >= 0.3 is 0 Å². The maximum absolute atomic E-state index is 12.8. The van der Waals surface area contributed by atoms with Crippen LogP contribution in [0.1, 0.15) is 12.5 Å². The van der Waals surface area contributed by atoms with E-state index in [1.165, 1.54) is 4.90 Å². The molecule has 0 aromatic heterocycles. The average molecular weight is 354 g/mol. The molecule has 6 heteroatoms. The van der Waals surface area contributed by atoms with Gasteiger partial charge in [0.15, 0.2) is 5.11 Å². The standard InChI is InChI=1S/C19H18N2O3S/c1-3-24-17-7-5-4-6-13(17)12-16-18(22)21(19(25)20-16)14-8-10-15(23-2)11-9-14/h4-12H,3H2,1-2H3,(H,20,25)/b16-12-. The van der Waals surface area contributed by atoms with Gasteiger partial charge < -0.3 is 14.8 Å². The van der Waals surface area contributed by atoms with E-state index in [0.29, 0.717) is 23.1 Å². The maximum atomic E-state index is 12.8. The second-order valence-electron chi connectivity index (χ2n) is 5.30. The third-order valence-electron chi connectivity index (χ3n) is 3.73. The second-order valence-corrected chi connectivity index (χ2v) is 5.68. The number of para-hydroxylation sites is 1. The molecule has 1 N–H and O–H groups in total. The molecule has 0 atom stereocenters. The molecule has 1 aliphatic heterocycles. The average Bonchev–Trinajstić information content (AvgIpc) is 2.90. The summed E-state index contributed by atoms with van der Waals surface area (Å²) in [6.07, 6.45) is 1.75. The number of ether oxygens (including phenoxy) is 2. The van der Waals surface area contributed by atoms with Crippen LogP contribution in [0.5, 0.6) is 11.5 Å². The van der Waals surface area contributed by atoms with Crippen molar-refractivity contribution in [3.63, 3.8) is 0 Å². The van der Waals surface area contributed by atoms with Crippen molar-refractivity contribution in [2.75, 3.05) is 18.6 Å². The first-order valence-corrected chi connectivity index (χ1v) is 8.28. The van der Waals surface area contributed by atoms with Gasteiger partial charge in [-0.15, -0.1) is 0 Å². The predicted molar refractivity (Wildman–Crippen MR) is 102 cm³/mol. The van der Waals surface area contributed by atoms with Gasteiger partial charge in [-0.25, -0.2) is 0 Å². The second kappa shape index (κ2) is 7.36. The first-order chi connectivity index (χ1) is 12.1. The largest absolute Gasteiger partial charge is 0.497 e. The van der Waals surface area contributed by atoms with Crippen molar-refractivity contribution in [2.24, 2.45) is 0 Å². The summed E-state index contributed by atoms with van der Waals surface area (Å²) in [4.78, 5) is 14.2. The number of nitrogens with zero attached hydrogens (tertiary/aromatic N) is 1. The summed E-state index contributed by atoms with van der Waals surface area (Å²) in [6.45, 7) is 2.47. The van der Waals surface area contributed by atoms with Crippen molar-refractivity contribution in [3.05, 3.63) is 59.8 Å². The zero-order chi connectivity index (χ0) is 17.8. The Morgan fingerprint density at radius 2 is 1.88 bits per heavy atom. The molecule has 5 nitrogen and oxygen atoms in total. The number of anilines is 1. The van der Waals surface area contributed by atoms with Gasteiger partial charge in [-0.2, -0.15) is 0 Å². The molecule has 3 rings (SSSR count). The van der Waals surface area contributed by atoms with E-state index in [-0.39, 0.29) is 5.91 Å². The summed E-state index contributed by atoms with van der Waals surface area (Å²) in [5, 5.41) is 3.32. The molecule has 1 heterocycles.